The van der Waals surface area contributed by atoms with E-state index >= 15 is 0 Å². The molecule has 0 bridgehead atoms. The molecule has 1 nitrogen and oxygen atoms in total. The highest BCUT2D eigenvalue weighted by Gasteiger charge is 2.65. The molecule has 0 aromatic rings. The monoisotopic (exact) mass is 212 g/mol. The highest BCUT2D eigenvalue weighted by Crippen LogP contribution is 2.67. The fourth-order valence-electron chi connectivity index (χ4n) is 3.14. The second-order valence-corrected chi connectivity index (χ2v) is 12.3. The van der Waals surface area contributed by atoms with Gasteiger partial charge in [0.15, 0.2) is 0 Å². The minimum atomic E-state index is -1.27. The van der Waals surface area contributed by atoms with Crippen molar-refractivity contribution in [2.24, 2.45) is 0 Å². The van der Waals surface area contributed by atoms with E-state index in [1.165, 1.54) is 6.04 Å². The lowest BCUT2D eigenvalue weighted by molar-refractivity contribution is 0.337. The Morgan fingerprint density at radius 1 is 1.07 bits per heavy atom. The van der Waals surface area contributed by atoms with Crippen molar-refractivity contribution in [3.63, 3.8) is 0 Å². The van der Waals surface area contributed by atoms with Crippen LogP contribution in [0, 0.1) is 0 Å². The van der Waals surface area contributed by atoms with Gasteiger partial charge in [0, 0.05) is 0 Å². The van der Waals surface area contributed by atoms with Crippen LogP contribution in [0.1, 0.15) is 41.5 Å². The molecule has 0 aliphatic carbocycles. The SMILES string of the molecule is CO/C=C1\C[Si]1(C(C)(C)C)C(C)(C)C. The molecule has 82 valence electrons. The first-order chi connectivity index (χ1) is 6.17. The molecule has 0 unspecified atom stereocenters. The summed E-state index contributed by atoms with van der Waals surface area (Å²) in [5.74, 6) is 0. The van der Waals surface area contributed by atoms with E-state index in [0.29, 0.717) is 10.1 Å². The van der Waals surface area contributed by atoms with E-state index in [9.17, 15) is 0 Å². The minimum Gasteiger partial charge on any atom is -0.505 e. The first-order valence-electron chi connectivity index (χ1n) is 5.39. The lowest BCUT2D eigenvalue weighted by atomic mass is 10.2. The topological polar surface area (TPSA) is 9.23 Å². The third-order valence-electron chi connectivity index (χ3n) is 3.70. The molecule has 1 fully saturated rings. The summed E-state index contributed by atoms with van der Waals surface area (Å²) in [6.45, 7) is 14.3. The van der Waals surface area contributed by atoms with Crippen molar-refractivity contribution in [1.82, 2.24) is 0 Å². The highest BCUT2D eigenvalue weighted by molar-refractivity contribution is 7.02. The third-order valence-corrected chi connectivity index (χ3v) is 10.7. The van der Waals surface area contributed by atoms with Crippen LogP contribution in [0.2, 0.25) is 16.1 Å². The van der Waals surface area contributed by atoms with Gasteiger partial charge >= 0.3 is 0 Å². The van der Waals surface area contributed by atoms with Crippen LogP contribution in [0.5, 0.6) is 0 Å². The number of methoxy groups -OCH3 is 1. The maximum atomic E-state index is 5.18. The molecule has 0 aromatic carbocycles. The second kappa shape index (κ2) is 3.12. The van der Waals surface area contributed by atoms with E-state index in [0.717, 1.165) is 0 Å². The van der Waals surface area contributed by atoms with Gasteiger partial charge < -0.3 is 4.74 Å². The van der Waals surface area contributed by atoms with Gasteiger partial charge in [0.05, 0.1) is 21.4 Å². The van der Waals surface area contributed by atoms with Crippen molar-refractivity contribution < 1.29 is 4.74 Å². The van der Waals surface area contributed by atoms with Crippen LogP contribution in [-0.4, -0.2) is 15.2 Å². The van der Waals surface area contributed by atoms with Crippen LogP contribution in [-0.2, 0) is 4.74 Å². The average Bonchev–Trinajstić information content (AvgIpc) is 2.60. The van der Waals surface area contributed by atoms with Gasteiger partial charge in [0.1, 0.15) is 0 Å². The summed E-state index contributed by atoms with van der Waals surface area (Å²) < 4.78 is 5.18. The normalized spacial score (nSPS) is 23.8. The molecule has 2 heteroatoms. The van der Waals surface area contributed by atoms with Gasteiger partial charge in [-0.15, -0.1) is 0 Å². The molecule has 1 rings (SSSR count). The molecular formula is C12H24OSi. The smallest absolute Gasteiger partial charge is 0.0994 e. The highest BCUT2D eigenvalue weighted by atomic mass is 28.3. The summed E-state index contributed by atoms with van der Waals surface area (Å²) in [4.78, 5) is 0. The number of rotatable bonds is 1. The maximum absolute atomic E-state index is 5.18. The van der Waals surface area contributed by atoms with Gasteiger partial charge in [0.25, 0.3) is 0 Å². The number of allylic oxidation sites excluding steroid dienone is 1. The van der Waals surface area contributed by atoms with Crippen LogP contribution < -0.4 is 0 Å². The Morgan fingerprint density at radius 3 is 1.71 bits per heavy atom. The molecule has 0 atom stereocenters. The van der Waals surface area contributed by atoms with Crippen LogP contribution in [0.3, 0.4) is 0 Å². The zero-order valence-electron chi connectivity index (χ0n) is 10.7. The molecule has 1 aliphatic heterocycles. The molecular weight excluding hydrogens is 188 g/mol. The molecule has 0 radical (unpaired) electrons. The summed E-state index contributed by atoms with van der Waals surface area (Å²) in [6.07, 6.45) is 2.00. The van der Waals surface area contributed by atoms with E-state index in [1.807, 2.05) is 6.26 Å². The van der Waals surface area contributed by atoms with Gasteiger partial charge in [-0.3, -0.25) is 0 Å². The lowest BCUT2D eigenvalue weighted by Crippen LogP contribution is -2.38. The Labute approximate surface area is 89.6 Å². The van der Waals surface area contributed by atoms with Crippen LogP contribution in [0.25, 0.3) is 0 Å². The zero-order valence-corrected chi connectivity index (χ0v) is 11.7. The Balaban J connectivity index is 3.06. The van der Waals surface area contributed by atoms with Gasteiger partial charge in [-0.1, -0.05) is 41.5 Å². The van der Waals surface area contributed by atoms with Gasteiger partial charge in [-0.25, -0.2) is 0 Å². The summed E-state index contributed by atoms with van der Waals surface area (Å²) in [7, 11) is 0.489. The molecule has 1 heterocycles. The summed E-state index contributed by atoms with van der Waals surface area (Å²) in [6, 6.07) is 1.33. The fraction of sp³-hybridized carbons (Fsp3) is 0.833. The van der Waals surface area contributed by atoms with Crippen LogP contribution >= 0.6 is 0 Å². The number of hydrogen-bond acceptors (Lipinski definition) is 1. The predicted octanol–water partition coefficient (Wildman–Crippen LogP) is 4.12. The van der Waals surface area contributed by atoms with Crippen molar-refractivity contribution in [2.45, 2.75) is 57.7 Å². The van der Waals surface area contributed by atoms with E-state index < -0.39 is 8.07 Å². The molecule has 0 aromatic heterocycles. The average molecular weight is 212 g/mol. The van der Waals surface area contributed by atoms with Crippen molar-refractivity contribution in [2.75, 3.05) is 7.11 Å². The Hall–Kier alpha value is -0.243. The first kappa shape index (κ1) is 11.8. The van der Waals surface area contributed by atoms with Gasteiger partial charge in [-0.2, -0.15) is 0 Å². The summed E-state index contributed by atoms with van der Waals surface area (Å²) >= 11 is 0. The molecule has 0 spiro atoms. The van der Waals surface area contributed by atoms with Crippen molar-refractivity contribution in [3.05, 3.63) is 11.5 Å². The van der Waals surface area contributed by atoms with E-state index in [4.69, 9.17) is 4.74 Å². The predicted molar refractivity (Wildman–Crippen MR) is 65.1 cm³/mol. The molecule has 1 saturated heterocycles. The van der Waals surface area contributed by atoms with E-state index in [-0.39, 0.29) is 0 Å². The van der Waals surface area contributed by atoms with Crippen molar-refractivity contribution in [3.8, 4) is 0 Å². The van der Waals surface area contributed by atoms with Crippen LogP contribution in [0.4, 0.5) is 0 Å². The summed E-state index contributed by atoms with van der Waals surface area (Å²) in [5.41, 5.74) is 0. The largest absolute Gasteiger partial charge is 0.505 e. The third kappa shape index (κ3) is 1.54. The Morgan fingerprint density at radius 2 is 1.50 bits per heavy atom. The van der Waals surface area contributed by atoms with Gasteiger partial charge in [0.2, 0.25) is 0 Å². The quantitative estimate of drug-likeness (QED) is 0.469. The number of ether oxygens (including phenoxy) is 1. The molecule has 0 saturated carbocycles. The Bertz CT molecular complexity index is 238. The summed E-state index contributed by atoms with van der Waals surface area (Å²) in [5, 5.41) is 2.52. The second-order valence-electron chi connectivity index (χ2n) is 6.46. The first-order valence-corrected chi connectivity index (χ1v) is 7.60. The Kier molecular flexibility index (Phi) is 2.64. The van der Waals surface area contributed by atoms with E-state index in [2.05, 4.69) is 41.5 Å². The maximum Gasteiger partial charge on any atom is 0.0994 e. The van der Waals surface area contributed by atoms with Crippen molar-refractivity contribution >= 4 is 8.07 Å². The molecule has 14 heavy (non-hydrogen) atoms. The van der Waals surface area contributed by atoms with Gasteiger partial charge in [-0.05, 0) is 21.3 Å². The minimum absolute atomic E-state index is 0.454. The lowest BCUT2D eigenvalue weighted by Gasteiger charge is -2.39. The molecule has 0 amide bonds. The van der Waals surface area contributed by atoms with E-state index in [1.54, 1.807) is 12.3 Å². The standard InChI is InChI=1S/C12H24OSi/c1-11(2,3)14(12(4,5)6)9-10(14)8-13-7/h8H,9H2,1-7H3/b10-8+. The fourth-order valence-corrected chi connectivity index (χ4v) is 9.80. The van der Waals surface area contributed by atoms with Crippen LogP contribution in [0.15, 0.2) is 11.5 Å². The zero-order chi connectivity index (χ0) is 11.2. The van der Waals surface area contributed by atoms with Crippen molar-refractivity contribution in [1.29, 1.82) is 0 Å². The molecule has 1 aliphatic rings. The molecule has 0 N–H and O–H groups in total. The number of hydrogen-bond donors (Lipinski definition) is 0.